The largest absolute Gasteiger partial charge is 0.441 e. The van der Waals surface area contributed by atoms with E-state index in [2.05, 4.69) is 23.2 Å². The van der Waals surface area contributed by atoms with Crippen molar-refractivity contribution < 1.29 is 9.21 Å². The SMILES string of the molecule is O=C(CCc1ncc(-c2ccccc2)o1)N1CC=C(c2ccccc2)CC1. The molecule has 1 aromatic heterocycles. The van der Waals surface area contributed by atoms with E-state index in [1.807, 2.05) is 53.4 Å². The maximum atomic E-state index is 12.5. The van der Waals surface area contributed by atoms with Crippen LogP contribution in [0.25, 0.3) is 16.9 Å². The average molecular weight is 358 g/mol. The highest BCUT2D eigenvalue weighted by molar-refractivity contribution is 5.78. The highest BCUT2D eigenvalue weighted by Gasteiger charge is 2.18. The molecule has 0 saturated heterocycles. The lowest BCUT2D eigenvalue weighted by Gasteiger charge is -2.26. The second-order valence-corrected chi connectivity index (χ2v) is 6.67. The number of oxazole rings is 1. The van der Waals surface area contributed by atoms with Crippen LogP contribution in [-0.4, -0.2) is 28.9 Å². The van der Waals surface area contributed by atoms with Gasteiger partial charge >= 0.3 is 0 Å². The number of nitrogens with zero attached hydrogens (tertiary/aromatic N) is 2. The number of aryl methyl sites for hydroxylation is 1. The first-order valence-electron chi connectivity index (χ1n) is 9.32. The van der Waals surface area contributed by atoms with Gasteiger partial charge in [-0.15, -0.1) is 0 Å². The predicted octanol–water partition coefficient (Wildman–Crippen LogP) is 4.59. The Morgan fingerprint density at radius 3 is 2.37 bits per heavy atom. The van der Waals surface area contributed by atoms with Gasteiger partial charge in [0.2, 0.25) is 5.91 Å². The van der Waals surface area contributed by atoms with E-state index in [0.29, 0.717) is 25.3 Å². The maximum Gasteiger partial charge on any atom is 0.223 e. The van der Waals surface area contributed by atoms with E-state index in [4.69, 9.17) is 4.42 Å². The summed E-state index contributed by atoms with van der Waals surface area (Å²) in [6.07, 6.45) is 5.73. The van der Waals surface area contributed by atoms with Crippen LogP contribution in [-0.2, 0) is 11.2 Å². The molecule has 4 heteroatoms. The third-order valence-electron chi connectivity index (χ3n) is 4.87. The van der Waals surface area contributed by atoms with Crippen LogP contribution in [0.3, 0.4) is 0 Å². The van der Waals surface area contributed by atoms with Gasteiger partial charge in [-0.2, -0.15) is 0 Å². The third-order valence-corrected chi connectivity index (χ3v) is 4.87. The van der Waals surface area contributed by atoms with Gasteiger partial charge in [0.15, 0.2) is 11.7 Å². The lowest BCUT2D eigenvalue weighted by atomic mass is 9.99. The van der Waals surface area contributed by atoms with Crippen molar-refractivity contribution in [3.63, 3.8) is 0 Å². The van der Waals surface area contributed by atoms with Crippen molar-refractivity contribution >= 4 is 11.5 Å². The fourth-order valence-electron chi connectivity index (χ4n) is 3.34. The molecule has 0 aliphatic carbocycles. The first kappa shape index (κ1) is 17.3. The number of hydrogen-bond acceptors (Lipinski definition) is 3. The van der Waals surface area contributed by atoms with Crippen LogP contribution in [0.5, 0.6) is 0 Å². The molecular weight excluding hydrogens is 336 g/mol. The lowest BCUT2D eigenvalue weighted by Crippen LogP contribution is -2.34. The Hall–Kier alpha value is -3.14. The number of amides is 1. The van der Waals surface area contributed by atoms with E-state index < -0.39 is 0 Å². The van der Waals surface area contributed by atoms with Crippen molar-refractivity contribution in [3.8, 4) is 11.3 Å². The molecule has 0 bridgehead atoms. The van der Waals surface area contributed by atoms with Crippen molar-refractivity contribution in [1.82, 2.24) is 9.88 Å². The molecular formula is C23H22N2O2. The second kappa shape index (κ2) is 8.04. The summed E-state index contributed by atoms with van der Waals surface area (Å²) in [4.78, 5) is 18.7. The number of aromatic nitrogens is 1. The van der Waals surface area contributed by atoms with Gasteiger partial charge in [0, 0.05) is 31.5 Å². The van der Waals surface area contributed by atoms with Gasteiger partial charge in [0.25, 0.3) is 0 Å². The van der Waals surface area contributed by atoms with Gasteiger partial charge in [-0.05, 0) is 17.6 Å². The van der Waals surface area contributed by atoms with Gasteiger partial charge in [0.1, 0.15) is 0 Å². The number of carbonyl (C=O) groups is 1. The Morgan fingerprint density at radius 2 is 1.70 bits per heavy atom. The van der Waals surface area contributed by atoms with E-state index in [0.717, 1.165) is 24.3 Å². The van der Waals surface area contributed by atoms with Crippen LogP contribution in [0.4, 0.5) is 0 Å². The van der Waals surface area contributed by atoms with Crippen LogP contribution in [0.2, 0.25) is 0 Å². The first-order chi connectivity index (χ1) is 13.3. The van der Waals surface area contributed by atoms with Gasteiger partial charge in [0.05, 0.1) is 6.20 Å². The topological polar surface area (TPSA) is 46.3 Å². The van der Waals surface area contributed by atoms with E-state index in [1.165, 1.54) is 11.1 Å². The molecule has 27 heavy (non-hydrogen) atoms. The third kappa shape index (κ3) is 4.17. The average Bonchev–Trinajstić information content (AvgIpc) is 3.22. The van der Waals surface area contributed by atoms with E-state index in [1.54, 1.807) is 6.20 Å². The molecule has 4 rings (SSSR count). The van der Waals surface area contributed by atoms with Gasteiger partial charge < -0.3 is 9.32 Å². The van der Waals surface area contributed by atoms with E-state index >= 15 is 0 Å². The molecule has 4 nitrogen and oxygen atoms in total. The minimum atomic E-state index is 0.151. The number of rotatable bonds is 5. The summed E-state index contributed by atoms with van der Waals surface area (Å²) in [6, 6.07) is 20.2. The molecule has 0 atom stereocenters. The second-order valence-electron chi connectivity index (χ2n) is 6.67. The fourth-order valence-corrected chi connectivity index (χ4v) is 3.34. The molecule has 0 fully saturated rings. The van der Waals surface area contributed by atoms with Gasteiger partial charge in [-0.1, -0.05) is 66.7 Å². The zero-order chi connectivity index (χ0) is 18.5. The van der Waals surface area contributed by atoms with Crippen LogP contribution in [0.1, 0.15) is 24.3 Å². The summed E-state index contributed by atoms with van der Waals surface area (Å²) in [5, 5.41) is 0. The minimum Gasteiger partial charge on any atom is -0.441 e. The van der Waals surface area contributed by atoms with Crippen molar-refractivity contribution in [3.05, 3.63) is 84.4 Å². The number of hydrogen-bond donors (Lipinski definition) is 0. The van der Waals surface area contributed by atoms with Crippen LogP contribution < -0.4 is 0 Å². The lowest BCUT2D eigenvalue weighted by molar-refractivity contribution is -0.130. The Kier molecular flexibility index (Phi) is 5.15. The summed E-state index contributed by atoms with van der Waals surface area (Å²) in [7, 11) is 0. The molecule has 2 aromatic carbocycles. The highest BCUT2D eigenvalue weighted by atomic mass is 16.4. The molecule has 3 aromatic rings. The van der Waals surface area contributed by atoms with Crippen molar-refractivity contribution in [2.24, 2.45) is 0 Å². The van der Waals surface area contributed by atoms with Gasteiger partial charge in [-0.25, -0.2) is 4.98 Å². The number of carbonyl (C=O) groups excluding carboxylic acids is 1. The summed E-state index contributed by atoms with van der Waals surface area (Å²) in [5.74, 6) is 1.50. The Bertz CT molecular complexity index is 929. The molecule has 0 N–H and O–H groups in total. The predicted molar refractivity (Wildman–Crippen MR) is 106 cm³/mol. The minimum absolute atomic E-state index is 0.151. The Labute approximate surface area is 159 Å². The van der Waals surface area contributed by atoms with E-state index in [9.17, 15) is 4.79 Å². The molecule has 1 amide bonds. The Morgan fingerprint density at radius 1 is 1.00 bits per heavy atom. The van der Waals surface area contributed by atoms with Crippen molar-refractivity contribution in [2.45, 2.75) is 19.3 Å². The molecule has 2 heterocycles. The van der Waals surface area contributed by atoms with Crippen molar-refractivity contribution in [1.29, 1.82) is 0 Å². The molecule has 1 aliphatic rings. The summed E-state index contributed by atoms with van der Waals surface area (Å²) < 4.78 is 5.79. The molecule has 1 aliphatic heterocycles. The smallest absolute Gasteiger partial charge is 0.223 e. The summed E-state index contributed by atoms with van der Waals surface area (Å²) in [6.45, 7) is 1.43. The number of benzene rings is 2. The zero-order valence-electron chi connectivity index (χ0n) is 15.2. The first-order valence-corrected chi connectivity index (χ1v) is 9.32. The molecule has 0 saturated carbocycles. The van der Waals surface area contributed by atoms with Crippen LogP contribution in [0, 0.1) is 0 Å². The van der Waals surface area contributed by atoms with Crippen LogP contribution >= 0.6 is 0 Å². The summed E-state index contributed by atoms with van der Waals surface area (Å²) >= 11 is 0. The van der Waals surface area contributed by atoms with E-state index in [-0.39, 0.29) is 5.91 Å². The summed E-state index contributed by atoms with van der Waals surface area (Å²) in [5.41, 5.74) is 3.56. The highest BCUT2D eigenvalue weighted by Crippen LogP contribution is 2.23. The monoisotopic (exact) mass is 358 g/mol. The normalized spacial score (nSPS) is 14.1. The van der Waals surface area contributed by atoms with Crippen molar-refractivity contribution in [2.75, 3.05) is 13.1 Å². The fraction of sp³-hybridized carbons (Fsp3) is 0.217. The Balaban J connectivity index is 1.32. The molecule has 0 radical (unpaired) electrons. The molecule has 136 valence electrons. The zero-order valence-corrected chi connectivity index (χ0v) is 15.2. The standard InChI is InChI=1S/C23H22N2O2/c26-23(25-15-13-19(14-16-25)18-7-3-1-4-8-18)12-11-22-24-17-21(27-22)20-9-5-2-6-10-20/h1-10,13,17H,11-12,14-16H2. The van der Waals surface area contributed by atoms with Gasteiger partial charge in [-0.3, -0.25) is 4.79 Å². The van der Waals surface area contributed by atoms with Crippen LogP contribution in [0.15, 0.2) is 77.4 Å². The quantitative estimate of drug-likeness (QED) is 0.670. The molecule has 0 unspecified atom stereocenters. The molecule has 0 spiro atoms. The maximum absolute atomic E-state index is 12.5.